The molecule has 0 saturated carbocycles. The maximum Gasteiger partial charge on any atom is 0.280 e. The van der Waals surface area contributed by atoms with E-state index in [1.54, 1.807) is 7.11 Å². The van der Waals surface area contributed by atoms with Crippen LogP contribution in [-0.2, 0) is 41.7 Å². The van der Waals surface area contributed by atoms with Gasteiger partial charge in [-0.3, -0.25) is 14.4 Å². The molecule has 234 valence electrons. The van der Waals surface area contributed by atoms with E-state index in [4.69, 9.17) is 15.2 Å². The summed E-state index contributed by atoms with van der Waals surface area (Å²) < 4.78 is 9.64. The maximum absolute atomic E-state index is 11.5. The molecule has 8 N–H and O–H groups in total. The molecule has 42 heavy (non-hydrogen) atoms. The van der Waals surface area contributed by atoms with Crippen molar-refractivity contribution >= 4 is 23.7 Å². The summed E-state index contributed by atoms with van der Waals surface area (Å²) in [5.74, 6) is -1.62. The van der Waals surface area contributed by atoms with Crippen LogP contribution in [0.2, 0.25) is 0 Å². The van der Waals surface area contributed by atoms with Gasteiger partial charge in [-0.25, -0.2) is 0 Å². The Morgan fingerprint density at radius 2 is 1.29 bits per heavy atom. The van der Waals surface area contributed by atoms with Crippen LogP contribution in [0.5, 0.6) is 0 Å². The van der Waals surface area contributed by atoms with Gasteiger partial charge in [-0.1, -0.05) is 74.5 Å². The summed E-state index contributed by atoms with van der Waals surface area (Å²) in [6, 6.07) is 17.6. The summed E-state index contributed by atoms with van der Waals surface area (Å²) in [5, 5.41) is 18.3. The fourth-order valence-electron chi connectivity index (χ4n) is 3.31. The lowest BCUT2D eigenvalue weighted by Gasteiger charge is -2.20. The average molecular weight is 590 g/mol. The van der Waals surface area contributed by atoms with Gasteiger partial charge < -0.3 is 46.8 Å². The zero-order chi connectivity index (χ0) is 31.9. The van der Waals surface area contributed by atoms with Crippen molar-refractivity contribution in [3.05, 3.63) is 71.8 Å². The van der Waals surface area contributed by atoms with Gasteiger partial charge >= 0.3 is 0 Å². The number of rotatable bonds is 14. The largest absolute Gasteiger partial charge is 0.548 e. The Labute approximate surface area is 248 Å². The molecule has 2 aromatic carbocycles. The van der Waals surface area contributed by atoms with Crippen molar-refractivity contribution in [3.63, 3.8) is 0 Å². The van der Waals surface area contributed by atoms with Crippen molar-refractivity contribution < 1.29 is 39.5 Å². The molecule has 12 nitrogen and oxygen atoms in total. The predicted molar refractivity (Wildman–Crippen MR) is 157 cm³/mol. The zero-order valence-corrected chi connectivity index (χ0v) is 25.3. The second-order valence-electron chi connectivity index (χ2n) is 9.82. The van der Waals surface area contributed by atoms with Crippen LogP contribution in [0.4, 0.5) is 0 Å². The van der Waals surface area contributed by atoms with Crippen LogP contribution in [0.15, 0.2) is 60.7 Å². The zero-order valence-electron chi connectivity index (χ0n) is 25.3. The first-order valence-corrected chi connectivity index (χ1v) is 13.6. The minimum Gasteiger partial charge on any atom is -0.548 e. The third kappa shape index (κ3) is 19.3. The molecule has 0 saturated heterocycles. The Balaban J connectivity index is 0.000000606. The lowest BCUT2D eigenvalue weighted by atomic mass is 10.0. The maximum atomic E-state index is 11.5. The Bertz CT molecular complexity index is 975. The van der Waals surface area contributed by atoms with Crippen LogP contribution in [0, 0.1) is 5.92 Å². The van der Waals surface area contributed by atoms with Crippen LogP contribution in [0.25, 0.3) is 0 Å². The third-order valence-corrected chi connectivity index (χ3v) is 5.41. The number of aliphatic carboxylic acids is 1. The van der Waals surface area contributed by atoms with E-state index in [1.165, 1.54) is 14.0 Å². The smallest absolute Gasteiger partial charge is 0.280 e. The number of methoxy groups -OCH3 is 2. The van der Waals surface area contributed by atoms with Crippen molar-refractivity contribution in [2.24, 2.45) is 11.7 Å². The highest BCUT2D eigenvalue weighted by Crippen LogP contribution is 2.03. The molecule has 3 atom stereocenters. The van der Waals surface area contributed by atoms with Crippen LogP contribution in [0.3, 0.4) is 0 Å². The quantitative estimate of drug-likeness (QED) is 0.187. The molecule has 0 aliphatic rings. The molecule has 0 aliphatic carbocycles. The van der Waals surface area contributed by atoms with Crippen molar-refractivity contribution in [1.82, 2.24) is 16.0 Å². The number of benzene rings is 2. The van der Waals surface area contributed by atoms with Crippen molar-refractivity contribution in [2.45, 2.75) is 58.4 Å². The molecule has 0 spiro atoms. The Hall–Kier alpha value is -3.84. The molecule has 12 heteroatoms. The summed E-state index contributed by atoms with van der Waals surface area (Å²) >= 11 is 0. The first kappa shape index (κ1) is 38.2. The van der Waals surface area contributed by atoms with Gasteiger partial charge in [0.1, 0.15) is 12.6 Å². The number of carboxylic acid groups (broad SMARTS) is 1. The molecule has 0 fully saturated rings. The standard InChI is InChI=1S/2C11H16N2O2.C8H15NO3/c2*1-15-8-10(12)11(14)13-7-9-5-3-2-4-6-9;1-5(2)4-7(8(11)12)9-6(3)10/h2*2-6,10H,7-8,12H2,1H3,(H,13,14);5,7H,4H2,1-3H3,(H,9,10)(H,11,12)/t10-;;7-/m1.0/s1. The summed E-state index contributed by atoms with van der Waals surface area (Å²) in [4.78, 5) is 43.8. The fourth-order valence-corrected chi connectivity index (χ4v) is 3.31. The number of nitrogens with one attached hydrogen (secondary N) is 3. The third-order valence-electron chi connectivity index (χ3n) is 5.41. The highest BCUT2D eigenvalue weighted by molar-refractivity contribution is 5.82. The van der Waals surface area contributed by atoms with Crippen LogP contribution in [0.1, 0.15) is 38.3 Å². The van der Waals surface area contributed by atoms with Gasteiger partial charge in [0.2, 0.25) is 11.8 Å². The van der Waals surface area contributed by atoms with Crippen molar-refractivity contribution in [3.8, 4) is 0 Å². The molecule has 0 heterocycles. The summed E-state index contributed by atoms with van der Waals surface area (Å²) in [6.07, 6.45) is 0.405. The Kier molecular flexibility index (Phi) is 20.7. The monoisotopic (exact) mass is 589 g/mol. The number of nitrogens with two attached hydrogens (primary N) is 1. The summed E-state index contributed by atoms with van der Waals surface area (Å²) in [7, 11) is 3.08. The second kappa shape index (κ2) is 22.8. The van der Waals surface area contributed by atoms with E-state index in [0.717, 1.165) is 11.1 Å². The molecule has 0 aliphatic heterocycles. The van der Waals surface area contributed by atoms with E-state index in [0.29, 0.717) is 26.1 Å². The molecule has 0 bridgehead atoms. The number of carbonyl (C=O) groups is 4. The van der Waals surface area contributed by atoms with Gasteiger partial charge in [-0.15, -0.1) is 0 Å². The van der Waals surface area contributed by atoms with Gasteiger partial charge in [0.25, 0.3) is 5.91 Å². The second-order valence-corrected chi connectivity index (χ2v) is 9.82. The van der Waals surface area contributed by atoms with Crippen molar-refractivity contribution in [1.29, 1.82) is 0 Å². The topological polar surface area (TPSA) is 200 Å². The normalized spacial score (nSPS) is 12.3. The fraction of sp³-hybridized carbons (Fsp3) is 0.467. The van der Waals surface area contributed by atoms with Gasteiger partial charge in [-0.05, 0) is 23.5 Å². The van der Waals surface area contributed by atoms with E-state index in [2.05, 4.69) is 21.7 Å². The molecule has 1 unspecified atom stereocenters. The number of amides is 3. The summed E-state index contributed by atoms with van der Waals surface area (Å²) in [5.41, 5.74) is 11.4. The molecular weight excluding hydrogens is 542 g/mol. The first-order chi connectivity index (χ1) is 19.9. The highest BCUT2D eigenvalue weighted by atomic mass is 16.5. The van der Waals surface area contributed by atoms with E-state index in [-0.39, 0.29) is 36.3 Å². The molecular formula is C30H47N5O7. The van der Waals surface area contributed by atoms with E-state index in [1.807, 2.05) is 74.5 Å². The number of hydrogen-bond acceptors (Lipinski definition) is 8. The minimum absolute atomic E-state index is 0.0827. The Morgan fingerprint density at radius 1 is 0.833 bits per heavy atom. The van der Waals surface area contributed by atoms with Crippen LogP contribution < -0.4 is 32.5 Å². The Morgan fingerprint density at radius 3 is 1.67 bits per heavy atom. The number of hydrogen-bond donors (Lipinski definition) is 5. The van der Waals surface area contributed by atoms with Gasteiger partial charge in [-0.2, -0.15) is 0 Å². The van der Waals surface area contributed by atoms with Gasteiger partial charge in [0, 0.05) is 34.2 Å². The minimum atomic E-state index is -1.22. The molecule has 2 rings (SSSR count). The molecule has 0 aromatic heterocycles. The molecule has 0 radical (unpaired) electrons. The molecule has 3 amide bonds. The lowest BCUT2D eigenvalue weighted by molar-refractivity contribution is -0.409. The number of ether oxygens (including phenoxy) is 2. The number of quaternary nitrogens is 1. The number of carbonyl (C=O) groups excluding carboxylic acids is 4. The van der Waals surface area contributed by atoms with Crippen molar-refractivity contribution in [2.75, 3.05) is 27.4 Å². The lowest BCUT2D eigenvalue weighted by Crippen LogP contribution is -2.69. The van der Waals surface area contributed by atoms with Crippen LogP contribution >= 0.6 is 0 Å². The van der Waals surface area contributed by atoms with Gasteiger partial charge in [0.15, 0.2) is 6.04 Å². The average Bonchev–Trinajstić information content (AvgIpc) is 2.95. The van der Waals surface area contributed by atoms with Gasteiger partial charge in [0.05, 0.1) is 18.6 Å². The van der Waals surface area contributed by atoms with E-state index < -0.39 is 18.1 Å². The van der Waals surface area contributed by atoms with E-state index in [9.17, 15) is 24.3 Å². The van der Waals surface area contributed by atoms with E-state index >= 15 is 0 Å². The molecule has 2 aromatic rings. The van der Waals surface area contributed by atoms with Crippen LogP contribution in [-0.4, -0.2) is 69.2 Å². The summed E-state index contributed by atoms with van der Waals surface area (Å²) in [6.45, 7) is 6.68. The predicted octanol–water partition coefficient (Wildman–Crippen LogP) is -0.877. The highest BCUT2D eigenvalue weighted by Gasteiger charge is 2.16. The first-order valence-electron chi connectivity index (χ1n) is 13.6. The number of carboxylic acids is 1. The SMILES string of the molecule is CC(=O)N[C@@H](CC(C)C)C(=O)[O-].COCC(N)C(=O)NCc1ccccc1.COC[C@@H]([NH3+])C(=O)NCc1ccccc1.